The molecule has 0 radical (unpaired) electrons. The standard InChI is InChI=1S/C16H15BrN2O4/c1-22-14-6-4-11(17)8-12(14)16(21)19-18-9-10-3-5-13(20)15(7-10)23-2/h3-9,20H,1-2H3,(H,19,21). The quantitative estimate of drug-likeness (QED) is 0.619. The molecular weight excluding hydrogens is 364 g/mol. The first-order valence-corrected chi connectivity index (χ1v) is 7.38. The van der Waals surface area contributed by atoms with Gasteiger partial charge in [0.15, 0.2) is 11.5 Å². The lowest BCUT2D eigenvalue weighted by Crippen LogP contribution is -2.18. The molecule has 0 atom stereocenters. The Labute approximate surface area is 141 Å². The lowest BCUT2D eigenvalue weighted by atomic mass is 10.2. The van der Waals surface area contributed by atoms with Crippen LogP contribution in [-0.4, -0.2) is 31.4 Å². The number of benzene rings is 2. The van der Waals surface area contributed by atoms with Gasteiger partial charge in [-0.2, -0.15) is 5.10 Å². The second-order valence-electron chi connectivity index (χ2n) is 4.48. The molecule has 23 heavy (non-hydrogen) atoms. The van der Waals surface area contributed by atoms with Crippen LogP contribution < -0.4 is 14.9 Å². The Hall–Kier alpha value is -2.54. The predicted molar refractivity (Wildman–Crippen MR) is 90.4 cm³/mol. The summed E-state index contributed by atoms with van der Waals surface area (Å²) < 4.78 is 10.9. The first-order valence-electron chi connectivity index (χ1n) is 6.59. The maximum atomic E-state index is 12.2. The second kappa shape index (κ2) is 7.64. The summed E-state index contributed by atoms with van der Waals surface area (Å²) in [7, 11) is 2.95. The largest absolute Gasteiger partial charge is 0.504 e. The zero-order chi connectivity index (χ0) is 16.8. The Morgan fingerprint density at radius 3 is 2.61 bits per heavy atom. The zero-order valence-corrected chi connectivity index (χ0v) is 14.1. The van der Waals surface area contributed by atoms with Crippen LogP contribution in [0.25, 0.3) is 0 Å². The molecular formula is C16H15BrN2O4. The molecule has 1 amide bonds. The van der Waals surface area contributed by atoms with Crippen LogP contribution in [0.1, 0.15) is 15.9 Å². The number of ether oxygens (including phenoxy) is 2. The van der Waals surface area contributed by atoms with E-state index >= 15 is 0 Å². The van der Waals surface area contributed by atoms with Gasteiger partial charge < -0.3 is 14.6 Å². The topological polar surface area (TPSA) is 80.2 Å². The van der Waals surface area contributed by atoms with Crippen molar-refractivity contribution in [3.05, 3.63) is 52.0 Å². The van der Waals surface area contributed by atoms with E-state index in [0.29, 0.717) is 22.6 Å². The molecule has 0 saturated carbocycles. The number of phenols is 1. The van der Waals surface area contributed by atoms with Gasteiger partial charge >= 0.3 is 0 Å². The summed E-state index contributed by atoms with van der Waals surface area (Å²) in [4.78, 5) is 12.2. The van der Waals surface area contributed by atoms with Crippen LogP contribution in [0.15, 0.2) is 46.0 Å². The molecule has 120 valence electrons. The van der Waals surface area contributed by atoms with E-state index in [1.165, 1.54) is 26.5 Å². The Balaban J connectivity index is 2.11. The van der Waals surface area contributed by atoms with Crippen molar-refractivity contribution >= 4 is 28.1 Å². The van der Waals surface area contributed by atoms with E-state index in [9.17, 15) is 9.90 Å². The average Bonchev–Trinajstić information content (AvgIpc) is 2.56. The summed E-state index contributed by atoms with van der Waals surface area (Å²) in [6, 6.07) is 9.85. The summed E-state index contributed by atoms with van der Waals surface area (Å²) in [5.74, 6) is 0.416. The molecule has 2 aromatic rings. The molecule has 0 heterocycles. The number of hydrogen-bond donors (Lipinski definition) is 2. The minimum absolute atomic E-state index is 0.0348. The average molecular weight is 379 g/mol. The lowest BCUT2D eigenvalue weighted by Gasteiger charge is -2.07. The number of amides is 1. The van der Waals surface area contributed by atoms with Crippen molar-refractivity contribution in [3.63, 3.8) is 0 Å². The summed E-state index contributed by atoms with van der Waals surface area (Å²) >= 11 is 3.31. The third-order valence-electron chi connectivity index (χ3n) is 2.99. The highest BCUT2D eigenvalue weighted by molar-refractivity contribution is 9.10. The number of rotatable bonds is 5. The van der Waals surface area contributed by atoms with Crippen LogP contribution in [0.2, 0.25) is 0 Å². The van der Waals surface area contributed by atoms with Gasteiger partial charge in [-0.25, -0.2) is 5.43 Å². The first-order chi connectivity index (χ1) is 11.0. The van der Waals surface area contributed by atoms with Crippen LogP contribution >= 0.6 is 15.9 Å². The maximum absolute atomic E-state index is 12.2. The first kappa shape index (κ1) is 16.8. The van der Waals surface area contributed by atoms with Gasteiger partial charge in [-0.1, -0.05) is 15.9 Å². The van der Waals surface area contributed by atoms with Crippen LogP contribution in [0.3, 0.4) is 0 Å². The van der Waals surface area contributed by atoms with Gasteiger partial charge in [-0.05, 0) is 42.0 Å². The molecule has 0 saturated heterocycles. The van der Waals surface area contributed by atoms with Gasteiger partial charge in [-0.15, -0.1) is 0 Å². The fourth-order valence-electron chi connectivity index (χ4n) is 1.86. The smallest absolute Gasteiger partial charge is 0.275 e. The van der Waals surface area contributed by atoms with Gasteiger partial charge in [0, 0.05) is 4.47 Å². The van der Waals surface area contributed by atoms with Crippen molar-refractivity contribution < 1.29 is 19.4 Å². The summed E-state index contributed by atoms with van der Waals surface area (Å²) in [6.45, 7) is 0. The molecule has 0 unspecified atom stereocenters. The Morgan fingerprint density at radius 2 is 1.91 bits per heavy atom. The van der Waals surface area contributed by atoms with E-state index in [0.717, 1.165) is 4.47 Å². The van der Waals surface area contributed by atoms with Gasteiger partial charge in [-0.3, -0.25) is 4.79 Å². The predicted octanol–water partition coefficient (Wildman–Crippen LogP) is 2.94. The lowest BCUT2D eigenvalue weighted by molar-refractivity contribution is 0.0952. The fraction of sp³-hybridized carbons (Fsp3) is 0.125. The van der Waals surface area contributed by atoms with E-state index in [4.69, 9.17) is 9.47 Å². The van der Waals surface area contributed by atoms with Crippen LogP contribution in [0.4, 0.5) is 0 Å². The molecule has 0 aromatic heterocycles. The SMILES string of the molecule is COc1cc(C=NNC(=O)c2cc(Br)ccc2OC)ccc1O. The molecule has 0 fully saturated rings. The van der Waals surface area contributed by atoms with E-state index in [-0.39, 0.29) is 5.75 Å². The van der Waals surface area contributed by atoms with E-state index in [1.54, 1.807) is 30.3 Å². The molecule has 7 heteroatoms. The number of phenolic OH excluding ortho intramolecular Hbond substituents is 1. The van der Waals surface area contributed by atoms with Crippen LogP contribution in [-0.2, 0) is 0 Å². The molecule has 0 bridgehead atoms. The van der Waals surface area contributed by atoms with Gasteiger partial charge in [0.2, 0.25) is 0 Å². The van der Waals surface area contributed by atoms with Crippen molar-refractivity contribution in [1.82, 2.24) is 5.43 Å². The fourth-order valence-corrected chi connectivity index (χ4v) is 2.22. The molecule has 0 aliphatic rings. The van der Waals surface area contributed by atoms with Gasteiger partial charge in [0.05, 0.1) is 26.0 Å². The van der Waals surface area contributed by atoms with Gasteiger partial charge in [0.25, 0.3) is 5.91 Å². The Kier molecular flexibility index (Phi) is 5.59. The molecule has 6 nitrogen and oxygen atoms in total. The highest BCUT2D eigenvalue weighted by atomic mass is 79.9. The number of halogens is 1. The van der Waals surface area contributed by atoms with Crippen molar-refractivity contribution in [2.45, 2.75) is 0 Å². The summed E-state index contributed by atoms with van der Waals surface area (Å²) in [5.41, 5.74) is 3.46. The number of aromatic hydroxyl groups is 1. The molecule has 2 N–H and O–H groups in total. The number of hydrogen-bond acceptors (Lipinski definition) is 5. The zero-order valence-electron chi connectivity index (χ0n) is 12.5. The van der Waals surface area contributed by atoms with Crippen molar-refractivity contribution in [3.8, 4) is 17.2 Å². The number of methoxy groups -OCH3 is 2. The third kappa shape index (κ3) is 4.23. The molecule has 2 aromatic carbocycles. The second-order valence-corrected chi connectivity index (χ2v) is 5.39. The monoisotopic (exact) mass is 378 g/mol. The highest BCUT2D eigenvalue weighted by Crippen LogP contribution is 2.25. The number of carbonyl (C=O) groups is 1. The number of carbonyl (C=O) groups excluding carboxylic acids is 1. The minimum Gasteiger partial charge on any atom is -0.504 e. The van der Waals surface area contributed by atoms with Crippen molar-refractivity contribution in [2.75, 3.05) is 14.2 Å². The summed E-state index contributed by atoms with van der Waals surface area (Å²) in [5, 5.41) is 13.4. The minimum atomic E-state index is -0.398. The number of nitrogens with zero attached hydrogens (tertiary/aromatic N) is 1. The van der Waals surface area contributed by atoms with Crippen LogP contribution in [0.5, 0.6) is 17.2 Å². The van der Waals surface area contributed by atoms with Crippen molar-refractivity contribution in [1.29, 1.82) is 0 Å². The van der Waals surface area contributed by atoms with E-state index in [1.807, 2.05) is 0 Å². The normalized spacial score (nSPS) is 10.6. The molecule has 2 rings (SSSR count). The highest BCUT2D eigenvalue weighted by Gasteiger charge is 2.12. The number of nitrogens with one attached hydrogen (secondary N) is 1. The van der Waals surface area contributed by atoms with Crippen LogP contribution in [0, 0.1) is 0 Å². The molecule has 0 spiro atoms. The van der Waals surface area contributed by atoms with E-state index < -0.39 is 5.91 Å². The van der Waals surface area contributed by atoms with E-state index in [2.05, 4.69) is 26.5 Å². The van der Waals surface area contributed by atoms with Gasteiger partial charge in [0.1, 0.15) is 5.75 Å². The third-order valence-corrected chi connectivity index (χ3v) is 3.48. The Morgan fingerprint density at radius 1 is 1.17 bits per heavy atom. The Bertz CT molecular complexity index is 747. The van der Waals surface area contributed by atoms with Crippen molar-refractivity contribution in [2.24, 2.45) is 5.10 Å². The molecule has 0 aliphatic heterocycles. The number of hydrazone groups is 1. The summed E-state index contributed by atoms with van der Waals surface area (Å²) in [6.07, 6.45) is 1.45. The molecule has 0 aliphatic carbocycles. The maximum Gasteiger partial charge on any atom is 0.275 e.